The van der Waals surface area contributed by atoms with Gasteiger partial charge in [0.25, 0.3) is 0 Å². The summed E-state index contributed by atoms with van der Waals surface area (Å²) in [4.78, 5) is 14.8. The summed E-state index contributed by atoms with van der Waals surface area (Å²) in [6.07, 6.45) is 1.77. The molecule has 0 saturated carbocycles. The van der Waals surface area contributed by atoms with Crippen LogP contribution in [0.5, 0.6) is 0 Å². The van der Waals surface area contributed by atoms with Crippen LogP contribution in [0.4, 0.5) is 0 Å². The highest BCUT2D eigenvalue weighted by molar-refractivity contribution is 5.95. The highest BCUT2D eigenvalue weighted by atomic mass is 16.1. The minimum atomic E-state index is -0.210. The average molecular weight is 214 g/mol. The highest BCUT2D eigenvalue weighted by Gasteiger charge is 2.28. The number of hydrogen-bond acceptors (Lipinski definition) is 1. The third kappa shape index (κ3) is 1.11. The van der Waals surface area contributed by atoms with E-state index in [0.29, 0.717) is 0 Å². The molecule has 1 atom stereocenters. The van der Waals surface area contributed by atoms with Gasteiger partial charge in [0.1, 0.15) is 0 Å². The molecule has 16 heavy (non-hydrogen) atoms. The van der Waals surface area contributed by atoms with Crippen molar-refractivity contribution in [2.24, 2.45) is 5.73 Å². The van der Waals surface area contributed by atoms with Crippen LogP contribution in [0.3, 0.4) is 0 Å². The number of nitrogens with two attached hydrogens (primary N) is 1. The number of aryl methyl sites for hydroxylation is 2. The van der Waals surface area contributed by atoms with Crippen LogP contribution in [-0.4, -0.2) is 10.9 Å². The van der Waals surface area contributed by atoms with E-state index in [1.54, 1.807) is 0 Å². The molecule has 3 nitrogen and oxygen atoms in total. The van der Waals surface area contributed by atoms with Crippen molar-refractivity contribution in [2.75, 3.05) is 0 Å². The molecule has 1 aliphatic carbocycles. The summed E-state index contributed by atoms with van der Waals surface area (Å²) < 4.78 is 0. The van der Waals surface area contributed by atoms with Gasteiger partial charge in [0.05, 0.1) is 5.92 Å². The zero-order chi connectivity index (χ0) is 11.3. The summed E-state index contributed by atoms with van der Waals surface area (Å²) in [6.45, 7) is 2.01. The Morgan fingerprint density at radius 3 is 3.06 bits per heavy atom. The standard InChI is InChI=1S/C13H14N2O/c1-7-11-9(13(14)16)6-5-8-3-2-4-10(15-7)12(8)11/h2-4,9,15H,5-6H2,1H3,(H2,14,16)/t9-/m1/s1. The Hall–Kier alpha value is -1.77. The van der Waals surface area contributed by atoms with Crippen molar-refractivity contribution in [1.29, 1.82) is 0 Å². The minimum absolute atomic E-state index is 0.122. The Balaban J connectivity index is 2.37. The summed E-state index contributed by atoms with van der Waals surface area (Å²) in [5.74, 6) is -0.331. The second kappa shape index (κ2) is 3.11. The second-order valence-corrected chi connectivity index (χ2v) is 4.50. The molecule has 0 spiro atoms. The van der Waals surface area contributed by atoms with E-state index in [9.17, 15) is 4.79 Å². The SMILES string of the molecule is Cc1[nH]c2cccc3c2c1[C@H](C(N)=O)CC3. The monoisotopic (exact) mass is 214 g/mol. The molecule has 1 aromatic carbocycles. The molecule has 0 aliphatic heterocycles. The van der Waals surface area contributed by atoms with Crippen LogP contribution >= 0.6 is 0 Å². The average Bonchev–Trinajstić information content (AvgIpc) is 2.59. The number of rotatable bonds is 1. The lowest BCUT2D eigenvalue weighted by molar-refractivity contribution is -0.119. The number of amides is 1. The van der Waals surface area contributed by atoms with E-state index in [0.717, 1.165) is 29.6 Å². The largest absolute Gasteiger partial charge is 0.369 e. The molecule has 1 aliphatic rings. The van der Waals surface area contributed by atoms with Crippen molar-refractivity contribution in [3.05, 3.63) is 35.0 Å². The van der Waals surface area contributed by atoms with Crippen LogP contribution in [0, 0.1) is 6.92 Å². The molecular weight excluding hydrogens is 200 g/mol. The number of primary amides is 1. The van der Waals surface area contributed by atoms with Crippen molar-refractivity contribution in [3.8, 4) is 0 Å². The van der Waals surface area contributed by atoms with E-state index >= 15 is 0 Å². The molecule has 1 amide bonds. The molecule has 0 saturated heterocycles. The Kier molecular flexibility index (Phi) is 1.84. The Labute approximate surface area is 93.6 Å². The first-order valence-electron chi connectivity index (χ1n) is 5.58. The molecule has 0 bridgehead atoms. The van der Waals surface area contributed by atoms with Gasteiger partial charge in [-0.15, -0.1) is 0 Å². The van der Waals surface area contributed by atoms with E-state index in [2.05, 4.69) is 23.2 Å². The molecule has 0 unspecified atom stereocenters. The summed E-state index contributed by atoms with van der Waals surface area (Å²) >= 11 is 0. The van der Waals surface area contributed by atoms with Crippen LogP contribution in [0.15, 0.2) is 18.2 Å². The molecule has 82 valence electrons. The Morgan fingerprint density at radius 2 is 2.31 bits per heavy atom. The molecule has 1 heterocycles. The number of hydrogen-bond donors (Lipinski definition) is 2. The Bertz CT molecular complexity index is 583. The van der Waals surface area contributed by atoms with Crippen LogP contribution in [0.2, 0.25) is 0 Å². The maximum absolute atomic E-state index is 11.5. The number of nitrogens with one attached hydrogen (secondary N) is 1. The number of carbonyl (C=O) groups is 1. The molecule has 3 heteroatoms. The van der Waals surface area contributed by atoms with Crippen molar-refractivity contribution in [3.63, 3.8) is 0 Å². The van der Waals surface area contributed by atoms with E-state index in [4.69, 9.17) is 5.73 Å². The van der Waals surface area contributed by atoms with Gasteiger partial charge < -0.3 is 10.7 Å². The smallest absolute Gasteiger partial charge is 0.225 e. The lowest BCUT2D eigenvalue weighted by Crippen LogP contribution is -2.24. The first-order valence-corrected chi connectivity index (χ1v) is 5.58. The lowest BCUT2D eigenvalue weighted by Gasteiger charge is -2.20. The number of benzene rings is 1. The van der Waals surface area contributed by atoms with Crippen LogP contribution in [-0.2, 0) is 11.2 Å². The molecule has 0 radical (unpaired) electrons. The predicted octanol–water partition coefficient (Wildman–Crippen LogP) is 1.99. The minimum Gasteiger partial charge on any atom is -0.369 e. The van der Waals surface area contributed by atoms with Gasteiger partial charge in [-0.25, -0.2) is 0 Å². The molecular formula is C13H14N2O. The molecule has 3 N–H and O–H groups in total. The predicted molar refractivity (Wildman–Crippen MR) is 63.3 cm³/mol. The summed E-state index contributed by atoms with van der Waals surface area (Å²) in [7, 11) is 0. The fourth-order valence-electron chi connectivity index (χ4n) is 2.85. The molecule has 3 rings (SSSR count). The zero-order valence-electron chi connectivity index (χ0n) is 9.21. The van der Waals surface area contributed by atoms with Gasteiger partial charge in [-0.2, -0.15) is 0 Å². The van der Waals surface area contributed by atoms with Crippen molar-refractivity contribution in [1.82, 2.24) is 4.98 Å². The van der Waals surface area contributed by atoms with E-state index in [1.165, 1.54) is 10.9 Å². The maximum atomic E-state index is 11.5. The number of H-pyrrole nitrogens is 1. The maximum Gasteiger partial charge on any atom is 0.225 e. The fourth-order valence-corrected chi connectivity index (χ4v) is 2.85. The highest BCUT2D eigenvalue weighted by Crippen LogP contribution is 2.38. The number of aromatic amines is 1. The third-order valence-electron chi connectivity index (χ3n) is 3.54. The van der Waals surface area contributed by atoms with E-state index in [-0.39, 0.29) is 11.8 Å². The quantitative estimate of drug-likeness (QED) is 0.749. The summed E-state index contributed by atoms with van der Waals surface area (Å²) in [5.41, 5.74) is 10.1. The van der Waals surface area contributed by atoms with Gasteiger partial charge in [0.2, 0.25) is 5.91 Å². The van der Waals surface area contributed by atoms with Gasteiger partial charge in [-0.1, -0.05) is 12.1 Å². The van der Waals surface area contributed by atoms with E-state index < -0.39 is 0 Å². The van der Waals surface area contributed by atoms with Gasteiger partial charge in [-0.3, -0.25) is 4.79 Å². The molecule has 1 aromatic heterocycles. The van der Waals surface area contributed by atoms with Crippen molar-refractivity contribution in [2.45, 2.75) is 25.7 Å². The van der Waals surface area contributed by atoms with E-state index in [1.807, 2.05) is 6.92 Å². The van der Waals surface area contributed by atoms with Crippen LogP contribution in [0.25, 0.3) is 10.9 Å². The topological polar surface area (TPSA) is 58.9 Å². The van der Waals surface area contributed by atoms with Crippen LogP contribution < -0.4 is 5.73 Å². The van der Waals surface area contributed by atoms with Gasteiger partial charge >= 0.3 is 0 Å². The third-order valence-corrected chi connectivity index (χ3v) is 3.54. The van der Waals surface area contributed by atoms with Crippen LogP contribution in [0.1, 0.15) is 29.2 Å². The lowest BCUT2D eigenvalue weighted by atomic mass is 9.83. The summed E-state index contributed by atoms with van der Waals surface area (Å²) in [6, 6.07) is 6.25. The zero-order valence-corrected chi connectivity index (χ0v) is 9.21. The van der Waals surface area contributed by atoms with Gasteiger partial charge in [0, 0.05) is 16.6 Å². The van der Waals surface area contributed by atoms with Gasteiger partial charge in [0.15, 0.2) is 0 Å². The normalized spacial score (nSPS) is 18.9. The molecule has 0 fully saturated rings. The second-order valence-electron chi connectivity index (χ2n) is 4.50. The summed E-state index contributed by atoms with van der Waals surface area (Å²) in [5, 5.41) is 1.22. The molecule has 2 aromatic rings. The first-order chi connectivity index (χ1) is 7.68. The number of aromatic nitrogens is 1. The Morgan fingerprint density at radius 1 is 1.50 bits per heavy atom. The number of carbonyl (C=O) groups excluding carboxylic acids is 1. The van der Waals surface area contributed by atoms with Crippen molar-refractivity contribution < 1.29 is 4.79 Å². The fraction of sp³-hybridized carbons (Fsp3) is 0.308. The van der Waals surface area contributed by atoms with Crippen molar-refractivity contribution >= 4 is 16.8 Å². The first kappa shape index (κ1) is 9.46. The van der Waals surface area contributed by atoms with Gasteiger partial charge in [-0.05, 0) is 37.0 Å².